The third-order valence-corrected chi connectivity index (χ3v) is 3.41. The minimum atomic E-state index is 0.150. The largest absolute Gasteiger partial charge is 0.326 e. The molecule has 0 spiro atoms. The van der Waals surface area contributed by atoms with Crippen LogP contribution in [0.5, 0.6) is 0 Å². The topological polar surface area (TPSA) is 41.1 Å². The molecule has 2 rings (SSSR count). The first-order valence-corrected chi connectivity index (χ1v) is 6.07. The number of carbonyl (C=O) groups excluding carboxylic acids is 1. The molecule has 1 aliphatic carbocycles. The average molecular weight is 232 g/mol. The van der Waals surface area contributed by atoms with E-state index in [2.05, 4.69) is 24.5 Å². The van der Waals surface area contributed by atoms with Crippen LogP contribution in [0.3, 0.4) is 0 Å². The van der Waals surface area contributed by atoms with Crippen molar-refractivity contribution >= 4 is 11.6 Å². The van der Waals surface area contributed by atoms with Crippen molar-refractivity contribution in [2.75, 3.05) is 12.4 Å². The average Bonchev–Trinajstić information content (AvgIpc) is 2.89. The third-order valence-electron chi connectivity index (χ3n) is 3.41. The van der Waals surface area contributed by atoms with E-state index in [0.29, 0.717) is 0 Å². The fourth-order valence-electron chi connectivity index (χ4n) is 2.11. The summed E-state index contributed by atoms with van der Waals surface area (Å²) in [7, 11) is 1.91. The Labute approximate surface area is 103 Å². The van der Waals surface area contributed by atoms with E-state index in [0.717, 1.165) is 18.7 Å². The van der Waals surface area contributed by atoms with Crippen molar-refractivity contribution in [1.82, 2.24) is 5.32 Å². The van der Waals surface area contributed by atoms with Crippen molar-refractivity contribution in [3.05, 3.63) is 29.8 Å². The maximum Gasteiger partial charge on any atom is 0.228 e. The van der Waals surface area contributed by atoms with Gasteiger partial charge in [-0.2, -0.15) is 0 Å². The van der Waals surface area contributed by atoms with Crippen LogP contribution < -0.4 is 10.6 Å². The van der Waals surface area contributed by atoms with Gasteiger partial charge in [0.25, 0.3) is 0 Å². The fourth-order valence-corrected chi connectivity index (χ4v) is 2.11. The summed E-state index contributed by atoms with van der Waals surface area (Å²) in [5, 5.41) is 6.09. The molecule has 17 heavy (non-hydrogen) atoms. The van der Waals surface area contributed by atoms with Crippen LogP contribution in [-0.4, -0.2) is 13.0 Å². The Morgan fingerprint density at radius 1 is 1.47 bits per heavy atom. The summed E-state index contributed by atoms with van der Waals surface area (Å²) in [5.41, 5.74) is 2.26. The van der Waals surface area contributed by atoms with E-state index in [1.54, 1.807) is 0 Å². The van der Waals surface area contributed by atoms with Crippen molar-refractivity contribution in [3.63, 3.8) is 0 Å². The number of anilines is 1. The van der Waals surface area contributed by atoms with E-state index < -0.39 is 0 Å². The SMILES string of the molecule is CNCc1cccc(NC(=O)C2CC2(C)C)c1. The summed E-state index contributed by atoms with van der Waals surface area (Å²) >= 11 is 0. The summed E-state index contributed by atoms with van der Waals surface area (Å²) < 4.78 is 0. The molecule has 92 valence electrons. The fraction of sp³-hybridized carbons (Fsp3) is 0.500. The van der Waals surface area contributed by atoms with Crippen molar-refractivity contribution < 1.29 is 4.79 Å². The molecular formula is C14H20N2O. The number of nitrogens with one attached hydrogen (secondary N) is 2. The van der Waals surface area contributed by atoms with Gasteiger partial charge in [0.2, 0.25) is 5.91 Å². The number of benzene rings is 1. The highest BCUT2D eigenvalue weighted by atomic mass is 16.2. The zero-order valence-electron chi connectivity index (χ0n) is 10.7. The van der Waals surface area contributed by atoms with E-state index >= 15 is 0 Å². The second kappa shape index (κ2) is 4.49. The second-order valence-corrected chi connectivity index (χ2v) is 5.47. The van der Waals surface area contributed by atoms with Gasteiger partial charge in [-0.05, 0) is 36.6 Å². The molecule has 2 N–H and O–H groups in total. The quantitative estimate of drug-likeness (QED) is 0.837. The zero-order chi connectivity index (χ0) is 12.5. The Morgan fingerprint density at radius 2 is 2.18 bits per heavy atom. The highest BCUT2D eigenvalue weighted by molar-refractivity contribution is 5.95. The van der Waals surface area contributed by atoms with Gasteiger partial charge in [-0.3, -0.25) is 4.79 Å². The molecule has 0 bridgehead atoms. The predicted octanol–water partition coefficient (Wildman–Crippen LogP) is 2.39. The van der Waals surface area contributed by atoms with Gasteiger partial charge < -0.3 is 10.6 Å². The molecule has 1 aromatic rings. The van der Waals surface area contributed by atoms with Crippen LogP contribution in [0, 0.1) is 11.3 Å². The molecule has 1 amide bonds. The lowest BCUT2D eigenvalue weighted by Gasteiger charge is -2.08. The number of rotatable bonds is 4. The molecule has 0 aliphatic heterocycles. The van der Waals surface area contributed by atoms with Gasteiger partial charge in [-0.1, -0.05) is 26.0 Å². The third kappa shape index (κ3) is 2.86. The molecule has 3 nitrogen and oxygen atoms in total. The molecule has 1 fully saturated rings. The molecule has 1 aromatic carbocycles. The maximum atomic E-state index is 11.9. The van der Waals surface area contributed by atoms with E-state index in [1.807, 2.05) is 31.3 Å². The van der Waals surface area contributed by atoms with Crippen LogP contribution in [0.2, 0.25) is 0 Å². The zero-order valence-corrected chi connectivity index (χ0v) is 10.7. The number of carbonyl (C=O) groups is 1. The van der Waals surface area contributed by atoms with Crippen molar-refractivity contribution in [2.24, 2.45) is 11.3 Å². The van der Waals surface area contributed by atoms with Crippen LogP contribution in [-0.2, 0) is 11.3 Å². The standard InChI is InChI=1S/C14H20N2O/c1-14(2)8-12(14)13(17)16-11-6-4-5-10(7-11)9-15-3/h4-7,12,15H,8-9H2,1-3H3,(H,16,17). The van der Waals surface area contributed by atoms with E-state index in [9.17, 15) is 4.79 Å². The van der Waals surface area contributed by atoms with Crippen LogP contribution in [0.25, 0.3) is 0 Å². The van der Waals surface area contributed by atoms with Crippen LogP contribution >= 0.6 is 0 Å². The van der Waals surface area contributed by atoms with Gasteiger partial charge in [-0.25, -0.2) is 0 Å². The monoisotopic (exact) mass is 232 g/mol. The highest BCUT2D eigenvalue weighted by Gasteiger charge is 2.50. The summed E-state index contributed by atoms with van der Waals surface area (Å²) in [6.45, 7) is 5.09. The molecule has 1 unspecified atom stereocenters. The van der Waals surface area contributed by atoms with Crippen molar-refractivity contribution in [1.29, 1.82) is 0 Å². The van der Waals surface area contributed by atoms with Crippen LogP contribution in [0.4, 0.5) is 5.69 Å². The Hall–Kier alpha value is -1.35. The van der Waals surface area contributed by atoms with Gasteiger partial charge >= 0.3 is 0 Å². The molecule has 0 aromatic heterocycles. The number of hydrogen-bond acceptors (Lipinski definition) is 2. The summed E-state index contributed by atoms with van der Waals surface area (Å²) in [6, 6.07) is 7.98. The predicted molar refractivity (Wildman–Crippen MR) is 69.7 cm³/mol. The van der Waals surface area contributed by atoms with Crippen molar-refractivity contribution in [2.45, 2.75) is 26.8 Å². The van der Waals surface area contributed by atoms with Gasteiger partial charge in [0.05, 0.1) is 0 Å². The van der Waals surface area contributed by atoms with Crippen molar-refractivity contribution in [3.8, 4) is 0 Å². The normalized spacial score (nSPS) is 21.0. The second-order valence-electron chi connectivity index (χ2n) is 5.47. The molecular weight excluding hydrogens is 212 g/mol. The summed E-state index contributed by atoms with van der Waals surface area (Å²) in [5.74, 6) is 0.326. The van der Waals surface area contributed by atoms with E-state index in [-0.39, 0.29) is 17.2 Å². The first kappa shape index (κ1) is 12.1. The van der Waals surface area contributed by atoms with Crippen LogP contribution in [0.1, 0.15) is 25.8 Å². The maximum absolute atomic E-state index is 11.9. The summed E-state index contributed by atoms with van der Waals surface area (Å²) in [4.78, 5) is 11.9. The minimum Gasteiger partial charge on any atom is -0.326 e. The molecule has 0 radical (unpaired) electrons. The van der Waals surface area contributed by atoms with E-state index in [4.69, 9.17) is 0 Å². The lowest BCUT2D eigenvalue weighted by molar-refractivity contribution is -0.117. The minimum absolute atomic E-state index is 0.150. The van der Waals surface area contributed by atoms with Gasteiger partial charge in [0.1, 0.15) is 0 Å². The number of amides is 1. The number of hydrogen-bond donors (Lipinski definition) is 2. The summed E-state index contributed by atoms with van der Waals surface area (Å²) in [6.07, 6.45) is 0.995. The molecule has 3 heteroatoms. The van der Waals surface area contributed by atoms with Gasteiger partial charge in [0, 0.05) is 18.2 Å². The Morgan fingerprint density at radius 3 is 2.76 bits per heavy atom. The molecule has 1 atom stereocenters. The van der Waals surface area contributed by atoms with Gasteiger partial charge in [-0.15, -0.1) is 0 Å². The molecule has 1 aliphatic rings. The van der Waals surface area contributed by atoms with Gasteiger partial charge in [0.15, 0.2) is 0 Å². The first-order valence-electron chi connectivity index (χ1n) is 6.07. The molecule has 0 heterocycles. The molecule has 1 saturated carbocycles. The van der Waals surface area contributed by atoms with Crippen LogP contribution in [0.15, 0.2) is 24.3 Å². The highest BCUT2D eigenvalue weighted by Crippen LogP contribution is 2.51. The van der Waals surface area contributed by atoms with E-state index in [1.165, 1.54) is 5.56 Å². The Kier molecular flexibility index (Phi) is 3.20. The Balaban J connectivity index is 1.99. The lowest BCUT2D eigenvalue weighted by Crippen LogP contribution is -2.16. The molecule has 0 saturated heterocycles. The lowest BCUT2D eigenvalue weighted by atomic mass is 10.1. The Bertz CT molecular complexity index is 426. The smallest absolute Gasteiger partial charge is 0.228 e. The first-order chi connectivity index (χ1) is 8.03.